The molecule has 0 bridgehead atoms. The van der Waals surface area contributed by atoms with Crippen molar-refractivity contribution in [1.82, 2.24) is 0 Å². The van der Waals surface area contributed by atoms with Gasteiger partial charge in [0, 0.05) is 11.3 Å². The zero-order valence-corrected chi connectivity index (χ0v) is 8.26. The van der Waals surface area contributed by atoms with E-state index in [-0.39, 0.29) is 6.42 Å². The van der Waals surface area contributed by atoms with Crippen LogP contribution in [0.4, 0.5) is 4.39 Å². The van der Waals surface area contributed by atoms with Gasteiger partial charge in [-0.25, -0.2) is 4.39 Å². The maximum atomic E-state index is 12.6. The fraction of sp³-hybridized carbons (Fsp3) is 0.400. The lowest BCUT2D eigenvalue weighted by Gasteiger charge is -2.14. The minimum absolute atomic E-state index is 0.228. The van der Waals surface area contributed by atoms with E-state index in [4.69, 9.17) is 0 Å². The lowest BCUT2D eigenvalue weighted by atomic mass is 10.0. The van der Waals surface area contributed by atoms with Gasteiger partial charge in [0.1, 0.15) is 11.9 Å². The molecule has 0 fully saturated rings. The smallest absolute Gasteiger partial charge is 0.242 e. The number of benzene rings is 1. The van der Waals surface area contributed by atoms with Crippen molar-refractivity contribution in [2.24, 2.45) is 0 Å². The van der Waals surface area contributed by atoms with E-state index in [0.29, 0.717) is 5.56 Å². The number of hydrogen-bond donors (Lipinski definition) is 1. The van der Waals surface area contributed by atoms with Crippen molar-refractivity contribution in [2.45, 2.75) is 25.5 Å². The van der Waals surface area contributed by atoms with Gasteiger partial charge in [0.2, 0.25) is 6.04 Å². The number of nitro groups is 1. The Morgan fingerprint density at radius 2 is 2.00 bits per heavy atom. The summed E-state index contributed by atoms with van der Waals surface area (Å²) in [6.45, 7) is 1.63. The number of nitrogens with zero attached hydrogens (tertiary/aromatic N) is 1. The molecule has 0 aliphatic carbocycles. The molecule has 1 aromatic carbocycles. The third-order valence-electron chi connectivity index (χ3n) is 2.27. The molecule has 5 heteroatoms. The predicted octanol–water partition coefficient (Wildman–Crippen LogP) is 1.91. The van der Waals surface area contributed by atoms with Gasteiger partial charge in [0.25, 0.3) is 0 Å². The lowest BCUT2D eigenvalue weighted by Crippen LogP contribution is -2.26. The minimum atomic E-state index is -1.19. The van der Waals surface area contributed by atoms with E-state index in [0.717, 1.165) is 0 Å². The average molecular weight is 213 g/mol. The summed E-state index contributed by atoms with van der Waals surface area (Å²) in [7, 11) is 0. The number of aliphatic hydroxyl groups is 1. The Kier molecular flexibility index (Phi) is 3.74. The molecule has 0 aromatic heterocycles. The van der Waals surface area contributed by atoms with E-state index in [1.807, 2.05) is 0 Å². The Labute approximate surface area is 86.5 Å². The van der Waals surface area contributed by atoms with Crippen LogP contribution in [0.3, 0.4) is 0 Å². The molecular weight excluding hydrogens is 201 g/mol. The SMILES string of the molecule is CC[C@H]([C@@H](O)c1ccc(F)cc1)[N+](=O)[O-]. The molecule has 2 atom stereocenters. The number of rotatable bonds is 4. The van der Waals surface area contributed by atoms with E-state index < -0.39 is 22.9 Å². The highest BCUT2D eigenvalue weighted by Crippen LogP contribution is 2.21. The second-order valence-corrected chi connectivity index (χ2v) is 3.26. The van der Waals surface area contributed by atoms with Crippen LogP contribution in [-0.2, 0) is 0 Å². The van der Waals surface area contributed by atoms with Crippen molar-refractivity contribution in [2.75, 3.05) is 0 Å². The van der Waals surface area contributed by atoms with E-state index in [1.54, 1.807) is 6.92 Å². The summed E-state index contributed by atoms with van der Waals surface area (Å²) in [4.78, 5) is 10.1. The van der Waals surface area contributed by atoms with Crippen LogP contribution in [0, 0.1) is 15.9 Å². The van der Waals surface area contributed by atoms with Crippen molar-refractivity contribution in [3.63, 3.8) is 0 Å². The standard InChI is InChI=1S/C10H12FNO3/c1-2-9(12(14)15)10(13)7-3-5-8(11)6-4-7/h3-6,9-10,13H,2H2,1H3/t9-,10+/m1/s1. The molecule has 0 aliphatic heterocycles. The maximum Gasteiger partial charge on any atom is 0.242 e. The molecule has 0 amide bonds. The Morgan fingerprint density at radius 1 is 1.47 bits per heavy atom. The molecule has 0 unspecified atom stereocenters. The Morgan fingerprint density at radius 3 is 2.40 bits per heavy atom. The third kappa shape index (κ3) is 2.73. The second-order valence-electron chi connectivity index (χ2n) is 3.26. The highest BCUT2D eigenvalue weighted by Gasteiger charge is 2.28. The van der Waals surface area contributed by atoms with E-state index in [9.17, 15) is 19.6 Å². The van der Waals surface area contributed by atoms with Crippen LogP contribution >= 0.6 is 0 Å². The van der Waals surface area contributed by atoms with Crippen LogP contribution in [0.2, 0.25) is 0 Å². The minimum Gasteiger partial charge on any atom is -0.381 e. The normalized spacial score (nSPS) is 14.6. The summed E-state index contributed by atoms with van der Waals surface area (Å²) >= 11 is 0. The molecular formula is C10H12FNO3. The fourth-order valence-electron chi connectivity index (χ4n) is 1.37. The average Bonchev–Trinajstić information content (AvgIpc) is 2.19. The Hall–Kier alpha value is -1.49. The van der Waals surface area contributed by atoms with Gasteiger partial charge in [-0.15, -0.1) is 0 Å². The summed E-state index contributed by atoms with van der Waals surface area (Å²) in [6.07, 6.45) is -0.962. The zero-order valence-electron chi connectivity index (χ0n) is 8.26. The first kappa shape index (κ1) is 11.6. The monoisotopic (exact) mass is 213 g/mol. The van der Waals surface area contributed by atoms with Crippen LogP contribution in [-0.4, -0.2) is 16.1 Å². The van der Waals surface area contributed by atoms with Gasteiger partial charge < -0.3 is 5.11 Å². The van der Waals surface area contributed by atoms with Crippen molar-refractivity contribution >= 4 is 0 Å². The second kappa shape index (κ2) is 4.84. The summed E-state index contributed by atoms with van der Waals surface area (Å²) in [5, 5.41) is 20.3. The van der Waals surface area contributed by atoms with E-state index >= 15 is 0 Å². The first-order valence-electron chi connectivity index (χ1n) is 4.63. The van der Waals surface area contributed by atoms with Crippen LogP contribution < -0.4 is 0 Å². The highest BCUT2D eigenvalue weighted by molar-refractivity contribution is 5.19. The van der Waals surface area contributed by atoms with Crippen molar-refractivity contribution in [3.05, 3.63) is 45.8 Å². The maximum absolute atomic E-state index is 12.6. The topological polar surface area (TPSA) is 63.4 Å². The van der Waals surface area contributed by atoms with Gasteiger partial charge in [-0.3, -0.25) is 10.1 Å². The van der Waals surface area contributed by atoms with Crippen molar-refractivity contribution < 1.29 is 14.4 Å². The van der Waals surface area contributed by atoms with Crippen LogP contribution in [0.15, 0.2) is 24.3 Å². The van der Waals surface area contributed by atoms with Crippen LogP contribution in [0.5, 0.6) is 0 Å². The molecule has 0 saturated heterocycles. The fourth-order valence-corrected chi connectivity index (χ4v) is 1.37. The highest BCUT2D eigenvalue weighted by atomic mass is 19.1. The predicted molar refractivity (Wildman–Crippen MR) is 52.4 cm³/mol. The Balaban J connectivity index is 2.87. The van der Waals surface area contributed by atoms with Gasteiger partial charge in [-0.1, -0.05) is 19.1 Å². The lowest BCUT2D eigenvalue weighted by molar-refractivity contribution is -0.536. The Bertz CT molecular complexity index is 339. The van der Waals surface area contributed by atoms with Crippen molar-refractivity contribution in [3.8, 4) is 0 Å². The van der Waals surface area contributed by atoms with Gasteiger partial charge in [0.15, 0.2) is 0 Å². The molecule has 1 rings (SSSR count). The number of aliphatic hydroxyl groups excluding tert-OH is 1. The molecule has 4 nitrogen and oxygen atoms in total. The van der Waals surface area contributed by atoms with Gasteiger partial charge in [-0.2, -0.15) is 0 Å². The molecule has 0 aliphatic rings. The zero-order chi connectivity index (χ0) is 11.4. The van der Waals surface area contributed by atoms with Gasteiger partial charge in [-0.05, 0) is 17.7 Å². The summed E-state index contributed by atoms with van der Waals surface area (Å²) in [6, 6.07) is 4.00. The molecule has 0 saturated carbocycles. The molecule has 1 aromatic rings. The van der Waals surface area contributed by atoms with Gasteiger partial charge in [0.05, 0.1) is 0 Å². The van der Waals surface area contributed by atoms with Crippen LogP contribution in [0.1, 0.15) is 25.0 Å². The number of halogens is 1. The first-order chi connectivity index (χ1) is 7.06. The largest absolute Gasteiger partial charge is 0.381 e. The molecule has 0 heterocycles. The summed E-state index contributed by atoms with van der Waals surface area (Å²) in [5.41, 5.74) is 0.361. The quantitative estimate of drug-likeness (QED) is 0.613. The van der Waals surface area contributed by atoms with E-state index in [2.05, 4.69) is 0 Å². The molecule has 0 spiro atoms. The first-order valence-corrected chi connectivity index (χ1v) is 4.63. The third-order valence-corrected chi connectivity index (χ3v) is 2.27. The van der Waals surface area contributed by atoms with Crippen molar-refractivity contribution in [1.29, 1.82) is 0 Å². The summed E-state index contributed by atoms with van der Waals surface area (Å²) < 4.78 is 12.6. The molecule has 0 radical (unpaired) electrons. The molecule has 82 valence electrons. The number of hydrogen-bond acceptors (Lipinski definition) is 3. The molecule has 15 heavy (non-hydrogen) atoms. The van der Waals surface area contributed by atoms with E-state index in [1.165, 1.54) is 24.3 Å². The van der Waals surface area contributed by atoms with Crippen LogP contribution in [0.25, 0.3) is 0 Å². The molecule has 1 N–H and O–H groups in total. The summed E-state index contributed by atoms with van der Waals surface area (Å²) in [5.74, 6) is -0.430. The van der Waals surface area contributed by atoms with Gasteiger partial charge >= 0.3 is 0 Å².